The number of hydrogen-bond donors (Lipinski definition) is 0. The average Bonchev–Trinajstić information content (AvgIpc) is 1.31. The van der Waals surface area contributed by atoms with E-state index >= 15 is 0 Å². The Morgan fingerprint density at radius 2 is 1.30 bits per heavy atom. The van der Waals surface area contributed by atoms with Gasteiger partial charge in [0.05, 0.1) is 0 Å². The summed E-state index contributed by atoms with van der Waals surface area (Å²) in [7, 11) is 0. The van der Waals surface area contributed by atoms with Gasteiger partial charge in [0.1, 0.15) is 0 Å². The van der Waals surface area contributed by atoms with E-state index in [1.54, 1.807) is 0 Å². The fourth-order valence-corrected chi connectivity index (χ4v) is 0. The van der Waals surface area contributed by atoms with Crippen LogP contribution in [0.4, 0.5) is 4.79 Å². The van der Waals surface area contributed by atoms with Crippen molar-refractivity contribution in [3.05, 3.63) is 0 Å². The van der Waals surface area contributed by atoms with E-state index in [9.17, 15) is 19.7 Å². The van der Waals surface area contributed by atoms with Crippen LogP contribution in [0.1, 0.15) is 0 Å². The molecular formula is CNa3O4PSe. The summed E-state index contributed by atoms with van der Waals surface area (Å²) in [6, 6.07) is 0. The molecule has 0 aromatic heterocycles. The monoisotopic (exact) mass is 256 g/mol. The van der Waals surface area contributed by atoms with Gasteiger partial charge in [0.25, 0.3) is 0 Å². The van der Waals surface area contributed by atoms with E-state index < -0.39 is 11.7 Å². The van der Waals surface area contributed by atoms with Crippen molar-refractivity contribution in [3.63, 3.8) is 0 Å². The molecule has 0 saturated heterocycles. The Labute approximate surface area is 132 Å². The van der Waals surface area contributed by atoms with Crippen LogP contribution >= 0.6 is 5.96 Å². The van der Waals surface area contributed by atoms with E-state index in [4.69, 9.17) is 0 Å². The first-order valence-corrected chi connectivity index (χ1v) is 5.02. The number of carbonyl (C=O) groups is 1. The van der Waals surface area contributed by atoms with Gasteiger partial charge in [0.2, 0.25) is 0 Å². The molecule has 0 aromatic rings. The molecule has 0 aromatic carbocycles. The third-order valence-electron chi connectivity index (χ3n) is 0.224. The predicted molar refractivity (Wildman–Crippen MR) is 18.1 cm³/mol. The predicted octanol–water partition coefficient (Wildman–Crippen LogP) is -12.0. The summed E-state index contributed by atoms with van der Waals surface area (Å²) >= 11 is 1.45. The van der Waals surface area contributed by atoms with Crippen LogP contribution < -0.4 is 104 Å². The molecule has 0 aliphatic rings. The van der Waals surface area contributed by atoms with Gasteiger partial charge in [-0.1, -0.05) is 0 Å². The van der Waals surface area contributed by atoms with Crippen molar-refractivity contribution >= 4 is 26.8 Å². The summed E-state index contributed by atoms with van der Waals surface area (Å²) in [6.45, 7) is 0. The molecular weight excluding hydrogens is 255 g/mol. The summed E-state index contributed by atoms with van der Waals surface area (Å²) in [5.41, 5.74) is -2.06. The molecule has 0 aliphatic carbocycles. The van der Waals surface area contributed by atoms with Crippen LogP contribution in [0.5, 0.6) is 0 Å². The van der Waals surface area contributed by atoms with Gasteiger partial charge >= 0.3 is 135 Å². The maximum atomic E-state index is 9.64. The molecule has 0 radical (unpaired) electrons. The van der Waals surface area contributed by atoms with Crippen molar-refractivity contribution in [2.45, 2.75) is 0 Å². The number of carboxylic acid groups (broad SMARTS) is 1. The molecule has 0 saturated carbocycles. The number of hydrogen-bond acceptors (Lipinski definition) is 4. The third kappa shape index (κ3) is 13.9. The first-order valence-electron chi connectivity index (χ1n) is 1.18. The van der Waals surface area contributed by atoms with Gasteiger partial charge < -0.3 is 0 Å². The molecule has 0 fully saturated rings. The topological polar surface area (TPSA) is 86.2 Å². The average molecular weight is 255 g/mol. The van der Waals surface area contributed by atoms with E-state index in [-0.39, 0.29) is 88.7 Å². The fraction of sp³-hybridized carbons (Fsp3) is 0. The van der Waals surface area contributed by atoms with Crippen molar-refractivity contribution in [3.8, 4) is 0 Å². The molecule has 0 bridgehead atoms. The van der Waals surface area contributed by atoms with Gasteiger partial charge in [0, 0.05) is 0 Å². The molecule has 0 atom stereocenters. The molecule has 0 unspecified atom stereocenters. The van der Waals surface area contributed by atoms with Gasteiger partial charge in [-0.05, 0) is 0 Å². The van der Waals surface area contributed by atoms with Crippen LogP contribution in [0.25, 0.3) is 0 Å². The van der Waals surface area contributed by atoms with E-state index in [0.29, 0.717) is 0 Å². The zero-order chi connectivity index (χ0) is 6.08. The number of rotatable bonds is 1. The minimum absolute atomic E-state index is 0. The fourth-order valence-electron chi connectivity index (χ4n) is 0. The molecule has 42 valence electrons. The van der Waals surface area contributed by atoms with Crippen molar-refractivity contribution in [2.75, 3.05) is 0 Å². The van der Waals surface area contributed by atoms with Gasteiger partial charge in [-0.15, -0.1) is 0 Å². The summed E-state index contributed by atoms with van der Waals surface area (Å²) in [5.74, 6) is -4.31. The van der Waals surface area contributed by atoms with E-state index in [1.807, 2.05) is 0 Å². The van der Waals surface area contributed by atoms with Gasteiger partial charge in [-0.3, -0.25) is 0 Å². The van der Waals surface area contributed by atoms with Crippen LogP contribution in [-0.4, -0.2) is 20.8 Å². The molecule has 0 aliphatic heterocycles. The van der Waals surface area contributed by atoms with Crippen molar-refractivity contribution in [1.29, 1.82) is 0 Å². The van der Waals surface area contributed by atoms with Crippen LogP contribution in [0, 0.1) is 0 Å². The van der Waals surface area contributed by atoms with Crippen LogP contribution in [0.3, 0.4) is 0 Å². The van der Waals surface area contributed by atoms with Gasteiger partial charge in [0.15, 0.2) is 0 Å². The molecule has 0 heterocycles. The molecule has 0 rings (SSSR count). The van der Waals surface area contributed by atoms with E-state index in [0.717, 1.165) is 0 Å². The quantitative estimate of drug-likeness (QED) is 0.344. The Morgan fingerprint density at radius 3 is 1.30 bits per heavy atom. The Morgan fingerprint density at radius 1 is 1.20 bits per heavy atom. The Balaban J connectivity index is -0.0000000600. The second-order valence-corrected chi connectivity index (χ2v) is 5.15. The summed E-state index contributed by atoms with van der Waals surface area (Å²) < 4.78 is 0. The largest absolute Gasteiger partial charge is 1.00 e. The van der Waals surface area contributed by atoms with Crippen LogP contribution in [-0.2, 0) is 0 Å². The van der Waals surface area contributed by atoms with Crippen molar-refractivity contribution < 1.29 is 108 Å². The van der Waals surface area contributed by atoms with E-state index in [2.05, 4.69) is 0 Å². The zero-order valence-electron chi connectivity index (χ0n) is 5.99. The van der Waals surface area contributed by atoms with Crippen molar-refractivity contribution in [1.82, 2.24) is 0 Å². The zero-order valence-corrected chi connectivity index (χ0v) is 14.6. The minimum atomic E-state index is -4.31. The molecule has 0 spiro atoms. The van der Waals surface area contributed by atoms with Crippen molar-refractivity contribution in [2.24, 2.45) is 0 Å². The van der Waals surface area contributed by atoms with Crippen LogP contribution in [0.2, 0.25) is 0 Å². The number of carbonyl (C=O) groups excluding carboxylic acids is 1. The first kappa shape index (κ1) is 23.3. The Hall–Kier alpha value is 3.34. The Kier molecular flexibility index (Phi) is 24.3. The van der Waals surface area contributed by atoms with Gasteiger partial charge in [-0.25, -0.2) is 0 Å². The maximum absolute atomic E-state index is 9.64. The van der Waals surface area contributed by atoms with Crippen LogP contribution in [0.15, 0.2) is 0 Å². The smallest absolute Gasteiger partial charge is 1.00 e. The Bertz CT molecular complexity index is 132. The minimum Gasteiger partial charge on any atom is 1.00 e. The SMILES string of the molecule is O=C([O-])P([O-])([O-])=[Se].[Na+].[Na+].[Na+]. The van der Waals surface area contributed by atoms with E-state index in [1.165, 1.54) is 15.1 Å². The molecule has 0 N–H and O–H groups in total. The maximum Gasteiger partial charge on any atom is 1.00 e. The van der Waals surface area contributed by atoms with Gasteiger partial charge in [-0.2, -0.15) is 0 Å². The summed E-state index contributed by atoms with van der Waals surface area (Å²) in [5, 5.41) is 9.30. The summed E-state index contributed by atoms with van der Waals surface area (Å²) in [6.07, 6.45) is 0. The first-order chi connectivity index (χ1) is 2.94. The molecule has 9 heteroatoms. The summed E-state index contributed by atoms with van der Waals surface area (Å²) in [4.78, 5) is 28.6. The second-order valence-electron chi connectivity index (χ2n) is 0.763. The normalized spacial score (nSPS) is 7.80. The standard InChI is InChI=1S/CH3O4PSe.3Na/c2-1(3)6(4,5)7;;;/h(H,2,3)(H2,4,5,7);;;/q;3*+1/p-3. The second kappa shape index (κ2) is 10.4. The third-order valence-corrected chi connectivity index (χ3v) is 1.61. The molecule has 10 heavy (non-hydrogen) atoms. The molecule has 0 amide bonds. The molecule has 4 nitrogen and oxygen atoms in total.